The van der Waals surface area contributed by atoms with E-state index in [2.05, 4.69) is 25.5 Å². The molecular formula is C19H17N5O2. The second-order valence-corrected chi connectivity index (χ2v) is 6.15. The molecule has 0 aliphatic rings. The molecule has 2 heterocycles. The van der Waals surface area contributed by atoms with Crippen LogP contribution < -0.4 is 10.9 Å². The molecule has 4 rings (SSSR count). The molecule has 0 radical (unpaired) electrons. The number of hydrogen-bond acceptors (Lipinski definition) is 4. The van der Waals surface area contributed by atoms with Gasteiger partial charge in [0.05, 0.1) is 34.6 Å². The van der Waals surface area contributed by atoms with Gasteiger partial charge in [0.1, 0.15) is 5.82 Å². The summed E-state index contributed by atoms with van der Waals surface area (Å²) in [5.41, 5.74) is 2.06. The van der Waals surface area contributed by atoms with Gasteiger partial charge in [-0.05, 0) is 25.1 Å². The molecule has 0 spiro atoms. The third-order valence-electron chi connectivity index (χ3n) is 4.30. The molecule has 7 nitrogen and oxygen atoms in total. The van der Waals surface area contributed by atoms with Crippen LogP contribution in [-0.4, -0.2) is 26.1 Å². The van der Waals surface area contributed by atoms with E-state index < -0.39 is 0 Å². The third-order valence-corrected chi connectivity index (χ3v) is 4.30. The minimum absolute atomic E-state index is 0.0713. The molecule has 0 aliphatic carbocycles. The first kappa shape index (κ1) is 16.0. The Morgan fingerprint density at radius 1 is 1.12 bits per heavy atom. The summed E-state index contributed by atoms with van der Waals surface area (Å²) in [5, 5.41) is 10.6. The molecule has 1 amide bonds. The van der Waals surface area contributed by atoms with E-state index >= 15 is 0 Å². The Kier molecular flexibility index (Phi) is 3.96. The minimum atomic E-state index is -0.274. The first-order valence-corrected chi connectivity index (χ1v) is 8.32. The van der Waals surface area contributed by atoms with Crippen molar-refractivity contribution in [2.24, 2.45) is 0 Å². The first-order chi connectivity index (χ1) is 12.6. The molecule has 0 fully saturated rings. The molecule has 2 aromatic carbocycles. The van der Waals surface area contributed by atoms with E-state index in [1.807, 2.05) is 37.3 Å². The lowest BCUT2D eigenvalue weighted by molar-refractivity contribution is -0.121. The van der Waals surface area contributed by atoms with Crippen molar-refractivity contribution in [2.45, 2.75) is 19.4 Å². The Bertz CT molecular complexity index is 1130. The minimum Gasteiger partial charge on any atom is -0.346 e. The number of carbonyl (C=O) groups excluding carboxylic acids is 1. The highest BCUT2D eigenvalue weighted by Crippen LogP contribution is 2.16. The van der Waals surface area contributed by atoms with E-state index in [0.717, 1.165) is 11.0 Å². The van der Waals surface area contributed by atoms with Crippen LogP contribution in [0.25, 0.3) is 21.8 Å². The van der Waals surface area contributed by atoms with Crippen molar-refractivity contribution in [3.05, 3.63) is 70.4 Å². The number of carbonyl (C=O) groups is 1. The lowest BCUT2D eigenvalue weighted by Crippen LogP contribution is -2.29. The van der Waals surface area contributed by atoms with Gasteiger partial charge < -0.3 is 10.3 Å². The third kappa shape index (κ3) is 2.95. The molecule has 4 aromatic rings. The number of aromatic amines is 2. The summed E-state index contributed by atoms with van der Waals surface area (Å²) in [5.74, 6) is 0.501. The number of nitrogens with zero attached hydrogens (tertiary/aromatic N) is 2. The Labute approximate surface area is 148 Å². The Morgan fingerprint density at radius 3 is 2.65 bits per heavy atom. The van der Waals surface area contributed by atoms with Crippen LogP contribution in [0.5, 0.6) is 0 Å². The number of H-pyrrole nitrogens is 2. The molecule has 26 heavy (non-hydrogen) atoms. The molecule has 0 saturated carbocycles. The maximum Gasteiger partial charge on any atom is 0.272 e. The van der Waals surface area contributed by atoms with Crippen LogP contribution in [0.4, 0.5) is 0 Å². The van der Waals surface area contributed by atoms with E-state index in [1.165, 1.54) is 0 Å². The van der Waals surface area contributed by atoms with Gasteiger partial charge >= 0.3 is 0 Å². The zero-order valence-corrected chi connectivity index (χ0v) is 14.1. The highest BCUT2D eigenvalue weighted by atomic mass is 16.1. The Morgan fingerprint density at radius 2 is 1.85 bits per heavy atom. The highest BCUT2D eigenvalue weighted by molar-refractivity contribution is 5.88. The summed E-state index contributed by atoms with van der Waals surface area (Å²) in [6.45, 7) is 1.87. The summed E-state index contributed by atoms with van der Waals surface area (Å²) < 4.78 is 0. The second kappa shape index (κ2) is 6.44. The summed E-state index contributed by atoms with van der Waals surface area (Å²) in [4.78, 5) is 32.0. The van der Waals surface area contributed by atoms with Crippen LogP contribution in [0, 0.1) is 0 Å². The fourth-order valence-corrected chi connectivity index (χ4v) is 3.00. The second-order valence-electron chi connectivity index (χ2n) is 6.15. The zero-order valence-electron chi connectivity index (χ0n) is 14.1. The lowest BCUT2D eigenvalue weighted by Gasteiger charge is -2.11. The summed E-state index contributed by atoms with van der Waals surface area (Å²) in [6, 6.07) is 14.6. The summed E-state index contributed by atoms with van der Waals surface area (Å²) >= 11 is 0. The number of para-hydroxylation sites is 2. The van der Waals surface area contributed by atoms with Crippen molar-refractivity contribution in [3.8, 4) is 0 Å². The van der Waals surface area contributed by atoms with E-state index in [4.69, 9.17) is 0 Å². The highest BCUT2D eigenvalue weighted by Gasteiger charge is 2.16. The quantitative estimate of drug-likeness (QED) is 0.526. The predicted octanol–water partition coefficient (Wildman–Crippen LogP) is 2.22. The van der Waals surface area contributed by atoms with Gasteiger partial charge in [-0.15, -0.1) is 0 Å². The van der Waals surface area contributed by atoms with Crippen LogP contribution in [0.3, 0.4) is 0 Å². The van der Waals surface area contributed by atoms with E-state index in [9.17, 15) is 9.59 Å². The van der Waals surface area contributed by atoms with E-state index in [1.54, 1.807) is 18.2 Å². The zero-order chi connectivity index (χ0) is 18.1. The van der Waals surface area contributed by atoms with E-state index in [0.29, 0.717) is 22.3 Å². The van der Waals surface area contributed by atoms with Gasteiger partial charge in [-0.3, -0.25) is 9.59 Å². The van der Waals surface area contributed by atoms with Crippen LogP contribution >= 0.6 is 0 Å². The van der Waals surface area contributed by atoms with Crippen molar-refractivity contribution in [1.82, 2.24) is 25.5 Å². The largest absolute Gasteiger partial charge is 0.346 e. The van der Waals surface area contributed by atoms with Gasteiger partial charge in [-0.25, -0.2) is 10.1 Å². The van der Waals surface area contributed by atoms with Crippen LogP contribution in [-0.2, 0) is 11.2 Å². The number of rotatable bonds is 4. The number of hydrogen-bond donors (Lipinski definition) is 3. The number of imidazole rings is 1. The topological polar surface area (TPSA) is 104 Å². The van der Waals surface area contributed by atoms with Crippen LogP contribution in [0.15, 0.2) is 53.3 Å². The Hall–Kier alpha value is -3.48. The molecule has 7 heteroatoms. The smallest absolute Gasteiger partial charge is 0.272 e. The Balaban J connectivity index is 1.54. The van der Waals surface area contributed by atoms with Crippen molar-refractivity contribution >= 4 is 27.7 Å². The van der Waals surface area contributed by atoms with Gasteiger partial charge in [0.15, 0.2) is 0 Å². The van der Waals surface area contributed by atoms with Gasteiger partial charge in [0, 0.05) is 5.39 Å². The number of benzene rings is 2. The first-order valence-electron chi connectivity index (χ1n) is 8.32. The van der Waals surface area contributed by atoms with Gasteiger partial charge in [-0.1, -0.05) is 30.3 Å². The maximum absolute atomic E-state index is 12.5. The van der Waals surface area contributed by atoms with Gasteiger partial charge in [0.25, 0.3) is 5.56 Å². The van der Waals surface area contributed by atoms with Gasteiger partial charge in [-0.2, -0.15) is 5.10 Å². The molecule has 0 saturated heterocycles. The normalized spacial score (nSPS) is 12.3. The average molecular weight is 347 g/mol. The lowest BCUT2D eigenvalue weighted by atomic mass is 10.1. The molecular weight excluding hydrogens is 330 g/mol. The molecule has 1 unspecified atom stereocenters. The average Bonchev–Trinajstić information content (AvgIpc) is 3.09. The predicted molar refractivity (Wildman–Crippen MR) is 98.7 cm³/mol. The number of aromatic nitrogens is 4. The van der Waals surface area contributed by atoms with Crippen molar-refractivity contribution < 1.29 is 4.79 Å². The number of nitrogens with one attached hydrogen (secondary N) is 3. The SMILES string of the molecule is CC(NC(=O)Cc1n[nH]c(=O)c2ccccc12)c1nc2ccccc2[nH]1. The monoisotopic (exact) mass is 347 g/mol. The number of amides is 1. The summed E-state index contributed by atoms with van der Waals surface area (Å²) in [6.07, 6.45) is 0.0713. The van der Waals surface area contributed by atoms with Crippen molar-refractivity contribution in [3.63, 3.8) is 0 Å². The van der Waals surface area contributed by atoms with Crippen LogP contribution in [0.1, 0.15) is 24.5 Å². The van der Waals surface area contributed by atoms with Crippen LogP contribution in [0.2, 0.25) is 0 Å². The molecule has 1 atom stereocenters. The maximum atomic E-state index is 12.5. The van der Waals surface area contributed by atoms with Crippen molar-refractivity contribution in [1.29, 1.82) is 0 Å². The molecule has 0 bridgehead atoms. The molecule has 2 aromatic heterocycles. The molecule has 0 aliphatic heterocycles. The fourth-order valence-electron chi connectivity index (χ4n) is 3.00. The standard InChI is InChI=1S/C19H17N5O2/c1-11(18-21-14-8-4-5-9-15(14)22-18)20-17(25)10-16-12-6-2-3-7-13(12)19(26)24-23-16/h2-9,11H,10H2,1H3,(H,20,25)(H,21,22)(H,24,26). The van der Waals surface area contributed by atoms with Crippen molar-refractivity contribution in [2.75, 3.05) is 0 Å². The van der Waals surface area contributed by atoms with E-state index in [-0.39, 0.29) is 23.9 Å². The van der Waals surface area contributed by atoms with Gasteiger partial charge in [0.2, 0.25) is 5.91 Å². The molecule has 3 N–H and O–H groups in total. The summed E-state index contributed by atoms with van der Waals surface area (Å²) in [7, 11) is 0. The number of fused-ring (bicyclic) bond motifs is 2. The molecule has 130 valence electrons. The fraction of sp³-hybridized carbons (Fsp3) is 0.158.